The van der Waals surface area contributed by atoms with Crippen molar-refractivity contribution >= 4 is 0 Å². The van der Waals surface area contributed by atoms with Crippen molar-refractivity contribution in [3.8, 4) is 0 Å². The second kappa shape index (κ2) is 6.60. The Morgan fingerprint density at radius 3 is 2.75 bits per heavy atom. The van der Waals surface area contributed by atoms with Crippen LogP contribution >= 0.6 is 0 Å². The van der Waals surface area contributed by atoms with Crippen molar-refractivity contribution in [2.45, 2.75) is 39.2 Å². The fourth-order valence-electron chi connectivity index (χ4n) is 1.31. The molecule has 5 nitrogen and oxygen atoms in total. The maximum Gasteiger partial charge on any atom is 0.243 e. The lowest BCUT2D eigenvalue weighted by Crippen LogP contribution is -2.13. The van der Waals surface area contributed by atoms with Gasteiger partial charge >= 0.3 is 0 Å². The van der Waals surface area contributed by atoms with Crippen LogP contribution < -0.4 is 5.73 Å². The highest BCUT2D eigenvalue weighted by atomic mass is 16.5. The molecule has 0 saturated heterocycles. The van der Waals surface area contributed by atoms with Crippen molar-refractivity contribution in [1.82, 2.24) is 10.1 Å². The van der Waals surface area contributed by atoms with Gasteiger partial charge in [-0.2, -0.15) is 4.98 Å². The van der Waals surface area contributed by atoms with E-state index in [2.05, 4.69) is 24.0 Å². The molecular weight excluding hydrogens is 206 g/mol. The number of ether oxygens (including phenoxy) is 1. The standard InChI is InChI=1S/C11H21N3O2/c1-8(2)4-5-10-13-11(16-14-10)9(12)6-7-15-3/h8-9H,4-7,12H2,1-3H3. The molecule has 1 aromatic rings. The zero-order valence-corrected chi connectivity index (χ0v) is 10.3. The first-order chi connectivity index (χ1) is 7.63. The molecule has 1 heterocycles. The topological polar surface area (TPSA) is 74.2 Å². The minimum absolute atomic E-state index is 0.222. The number of hydrogen-bond acceptors (Lipinski definition) is 5. The Kier molecular flexibility index (Phi) is 5.42. The molecule has 0 bridgehead atoms. The van der Waals surface area contributed by atoms with Gasteiger partial charge in [-0.15, -0.1) is 0 Å². The summed E-state index contributed by atoms with van der Waals surface area (Å²) in [6, 6.07) is -0.222. The lowest BCUT2D eigenvalue weighted by atomic mass is 10.1. The summed E-state index contributed by atoms with van der Waals surface area (Å²) in [5.41, 5.74) is 5.87. The summed E-state index contributed by atoms with van der Waals surface area (Å²) in [5, 5.41) is 3.91. The Labute approximate surface area is 96.4 Å². The Hall–Kier alpha value is -0.940. The van der Waals surface area contributed by atoms with Crippen LogP contribution in [0.15, 0.2) is 4.52 Å². The molecule has 0 radical (unpaired) electrons. The summed E-state index contributed by atoms with van der Waals surface area (Å²) < 4.78 is 10.1. The van der Waals surface area contributed by atoms with Crippen molar-refractivity contribution in [1.29, 1.82) is 0 Å². The number of rotatable bonds is 7. The quantitative estimate of drug-likeness (QED) is 0.767. The molecule has 0 saturated carbocycles. The van der Waals surface area contributed by atoms with Gasteiger partial charge in [0.2, 0.25) is 5.89 Å². The fraction of sp³-hybridized carbons (Fsp3) is 0.818. The summed E-state index contributed by atoms with van der Waals surface area (Å²) in [6.45, 7) is 4.95. The molecule has 92 valence electrons. The monoisotopic (exact) mass is 227 g/mol. The summed E-state index contributed by atoms with van der Waals surface area (Å²) in [7, 11) is 1.65. The smallest absolute Gasteiger partial charge is 0.243 e. The molecule has 0 aromatic carbocycles. The first-order valence-electron chi connectivity index (χ1n) is 5.70. The molecule has 0 aliphatic rings. The highest BCUT2D eigenvalue weighted by Gasteiger charge is 2.14. The summed E-state index contributed by atoms with van der Waals surface area (Å²) in [5.74, 6) is 1.90. The van der Waals surface area contributed by atoms with Gasteiger partial charge in [-0.25, -0.2) is 0 Å². The van der Waals surface area contributed by atoms with Gasteiger partial charge in [-0.1, -0.05) is 19.0 Å². The molecule has 5 heteroatoms. The highest BCUT2D eigenvalue weighted by molar-refractivity contribution is 4.92. The minimum Gasteiger partial charge on any atom is -0.385 e. The Morgan fingerprint density at radius 1 is 1.38 bits per heavy atom. The van der Waals surface area contributed by atoms with Crippen LogP contribution in [0, 0.1) is 5.92 Å². The first-order valence-corrected chi connectivity index (χ1v) is 5.70. The van der Waals surface area contributed by atoms with Crippen molar-refractivity contribution in [3.63, 3.8) is 0 Å². The molecule has 1 aromatic heterocycles. The van der Waals surface area contributed by atoms with Gasteiger partial charge in [0.05, 0.1) is 6.04 Å². The van der Waals surface area contributed by atoms with Crippen molar-refractivity contribution in [3.05, 3.63) is 11.7 Å². The van der Waals surface area contributed by atoms with E-state index >= 15 is 0 Å². The molecule has 1 atom stereocenters. The van der Waals surface area contributed by atoms with E-state index in [1.807, 2.05) is 0 Å². The van der Waals surface area contributed by atoms with E-state index in [0.29, 0.717) is 24.8 Å². The molecule has 0 spiro atoms. The molecule has 0 aliphatic heterocycles. The van der Waals surface area contributed by atoms with Gasteiger partial charge in [-0.05, 0) is 18.8 Å². The first kappa shape index (κ1) is 13.1. The van der Waals surface area contributed by atoms with Gasteiger partial charge in [0.1, 0.15) is 0 Å². The van der Waals surface area contributed by atoms with Crippen molar-refractivity contribution < 1.29 is 9.26 Å². The fourth-order valence-corrected chi connectivity index (χ4v) is 1.31. The third-order valence-corrected chi connectivity index (χ3v) is 2.38. The Balaban J connectivity index is 2.43. The van der Waals surface area contributed by atoms with Gasteiger partial charge in [0.15, 0.2) is 5.82 Å². The molecule has 0 aliphatic carbocycles. The Bertz CT molecular complexity index is 299. The third kappa shape index (κ3) is 4.28. The number of nitrogens with two attached hydrogens (primary N) is 1. The molecule has 16 heavy (non-hydrogen) atoms. The average molecular weight is 227 g/mol. The van der Waals surface area contributed by atoms with Crippen LogP contribution in [0.25, 0.3) is 0 Å². The molecule has 0 amide bonds. The van der Waals surface area contributed by atoms with Crippen LogP contribution in [-0.2, 0) is 11.2 Å². The lowest BCUT2D eigenvalue weighted by molar-refractivity contribution is 0.182. The van der Waals surface area contributed by atoms with Gasteiger partial charge in [-0.3, -0.25) is 0 Å². The maximum absolute atomic E-state index is 5.87. The van der Waals surface area contributed by atoms with E-state index in [0.717, 1.165) is 18.7 Å². The third-order valence-electron chi connectivity index (χ3n) is 2.38. The van der Waals surface area contributed by atoms with Gasteiger partial charge in [0.25, 0.3) is 0 Å². The van der Waals surface area contributed by atoms with Crippen LogP contribution in [0.5, 0.6) is 0 Å². The minimum atomic E-state index is -0.222. The number of aryl methyl sites for hydroxylation is 1. The van der Waals surface area contributed by atoms with Crippen LogP contribution in [-0.4, -0.2) is 23.9 Å². The van der Waals surface area contributed by atoms with E-state index in [1.54, 1.807) is 7.11 Å². The summed E-state index contributed by atoms with van der Waals surface area (Å²) in [4.78, 5) is 4.28. The normalized spacial score (nSPS) is 13.3. The van der Waals surface area contributed by atoms with E-state index in [1.165, 1.54) is 0 Å². The number of methoxy groups -OCH3 is 1. The second-order valence-electron chi connectivity index (χ2n) is 4.37. The SMILES string of the molecule is COCCC(N)c1nc(CCC(C)C)no1. The van der Waals surface area contributed by atoms with Gasteiger partial charge < -0.3 is 15.0 Å². The number of hydrogen-bond donors (Lipinski definition) is 1. The molecular formula is C11H21N3O2. The van der Waals surface area contributed by atoms with E-state index in [-0.39, 0.29) is 6.04 Å². The average Bonchev–Trinajstić information content (AvgIpc) is 2.71. The summed E-state index contributed by atoms with van der Waals surface area (Å²) >= 11 is 0. The molecule has 2 N–H and O–H groups in total. The van der Waals surface area contributed by atoms with Crippen LogP contribution in [0.4, 0.5) is 0 Å². The van der Waals surface area contributed by atoms with E-state index < -0.39 is 0 Å². The van der Waals surface area contributed by atoms with Crippen LogP contribution in [0.3, 0.4) is 0 Å². The number of aromatic nitrogens is 2. The van der Waals surface area contributed by atoms with Crippen LogP contribution in [0.1, 0.15) is 44.4 Å². The highest BCUT2D eigenvalue weighted by Crippen LogP contribution is 2.13. The van der Waals surface area contributed by atoms with Crippen molar-refractivity contribution in [2.75, 3.05) is 13.7 Å². The second-order valence-corrected chi connectivity index (χ2v) is 4.37. The lowest BCUT2D eigenvalue weighted by Gasteiger charge is -2.04. The van der Waals surface area contributed by atoms with Crippen molar-refractivity contribution in [2.24, 2.45) is 11.7 Å². The molecule has 0 fully saturated rings. The predicted octanol–water partition coefficient (Wildman–Crippen LogP) is 1.69. The molecule has 1 rings (SSSR count). The predicted molar refractivity (Wildman–Crippen MR) is 60.9 cm³/mol. The Morgan fingerprint density at radius 2 is 2.12 bits per heavy atom. The van der Waals surface area contributed by atoms with E-state index in [4.69, 9.17) is 15.0 Å². The zero-order valence-electron chi connectivity index (χ0n) is 10.3. The zero-order chi connectivity index (χ0) is 12.0. The van der Waals surface area contributed by atoms with E-state index in [9.17, 15) is 0 Å². The maximum atomic E-state index is 5.87. The molecule has 1 unspecified atom stereocenters. The van der Waals surface area contributed by atoms with Crippen LogP contribution in [0.2, 0.25) is 0 Å². The largest absolute Gasteiger partial charge is 0.385 e. The van der Waals surface area contributed by atoms with Gasteiger partial charge in [0, 0.05) is 20.1 Å². The number of nitrogens with zero attached hydrogens (tertiary/aromatic N) is 2. The summed E-state index contributed by atoms with van der Waals surface area (Å²) in [6.07, 6.45) is 2.60.